The average molecular weight is 355 g/mol. The van der Waals surface area contributed by atoms with E-state index in [-0.39, 0.29) is 0 Å². The van der Waals surface area contributed by atoms with Crippen molar-refractivity contribution in [3.05, 3.63) is 0 Å². The minimum atomic E-state index is 0.601. The molecule has 0 spiro atoms. The molecule has 24 heavy (non-hydrogen) atoms. The van der Waals surface area contributed by atoms with Crippen molar-refractivity contribution in [3.8, 4) is 0 Å². The summed E-state index contributed by atoms with van der Waals surface area (Å²) in [5.74, 6) is 2.51. The summed E-state index contributed by atoms with van der Waals surface area (Å²) in [6, 6.07) is 0.601. The first-order valence-electron chi connectivity index (χ1n) is 9.90. The molecule has 4 nitrogen and oxygen atoms in total. The number of rotatable bonds is 7. The normalized spacial score (nSPS) is 29.2. The third kappa shape index (κ3) is 6.83. The van der Waals surface area contributed by atoms with Gasteiger partial charge in [-0.15, -0.1) is 0 Å². The van der Waals surface area contributed by atoms with Crippen LogP contribution in [0.2, 0.25) is 0 Å². The van der Waals surface area contributed by atoms with Gasteiger partial charge in [0.05, 0.1) is 0 Å². The van der Waals surface area contributed by atoms with Gasteiger partial charge in [0.25, 0.3) is 0 Å². The average Bonchev–Trinajstić information content (AvgIpc) is 3.00. The number of hydrogen-bond acceptors (Lipinski definition) is 3. The maximum Gasteiger partial charge on any atom is 0.191 e. The van der Waals surface area contributed by atoms with Gasteiger partial charge in [-0.2, -0.15) is 11.8 Å². The molecule has 3 unspecified atom stereocenters. The Hall–Kier alpha value is -0.420. The van der Waals surface area contributed by atoms with Crippen molar-refractivity contribution in [1.82, 2.24) is 15.5 Å². The van der Waals surface area contributed by atoms with Crippen molar-refractivity contribution in [1.29, 1.82) is 0 Å². The SMILES string of the molecule is CCNC(=NCC1CCCN(CC(C)C)C1)NC1CCC(SC)C1. The Kier molecular flexibility index (Phi) is 8.74. The van der Waals surface area contributed by atoms with E-state index < -0.39 is 0 Å². The Morgan fingerprint density at radius 2 is 2.12 bits per heavy atom. The summed E-state index contributed by atoms with van der Waals surface area (Å²) in [4.78, 5) is 7.56. The highest BCUT2D eigenvalue weighted by atomic mass is 32.2. The standard InChI is InChI=1S/C19H38N4S/c1-5-20-19(22-17-8-9-18(11-17)24-4)21-12-16-7-6-10-23(14-16)13-15(2)3/h15-18H,5-14H2,1-4H3,(H2,20,21,22). The van der Waals surface area contributed by atoms with Gasteiger partial charge in [-0.05, 0) is 63.7 Å². The summed E-state index contributed by atoms with van der Waals surface area (Å²) in [6.07, 6.45) is 8.78. The lowest BCUT2D eigenvalue weighted by molar-refractivity contribution is 0.162. The first kappa shape index (κ1) is 19.9. The molecule has 1 saturated heterocycles. The van der Waals surface area contributed by atoms with Gasteiger partial charge in [0.1, 0.15) is 0 Å². The molecule has 0 aromatic rings. The Labute approximate surface area is 153 Å². The molecule has 2 aliphatic rings. The van der Waals surface area contributed by atoms with Crippen LogP contribution in [0.3, 0.4) is 0 Å². The largest absolute Gasteiger partial charge is 0.357 e. The summed E-state index contributed by atoms with van der Waals surface area (Å²) in [6.45, 7) is 12.4. The van der Waals surface area contributed by atoms with Gasteiger partial charge < -0.3 is 15.5 Å². The second kappa shape index (κ2) is 10.5. The molecule has 1 aliphatic carbocycles. The fourth-order valence-electron chi connectivity index (χ4n) is 4.00. The van der Waals surface area contributed by atoms with Crippen molar-refractivity contribution in [2.24, 2.45) is 16.8 Å². The summed E-state index contributed by atoms with van der Waals surface area (Å²) in [7, 11) is 0. The fraction of sp³-hybridized carbons (Fsp3) is 0.947. The van der Waals surface area contributed by atoms with E-state index in [0.29, 0.717) is 6.04 Å². The predicted octanol–water partition coefficient (Wildman–Crippen LogP) is 3.19. The second-order valence-corrected chi connectivity index (χ2v) is 9.03. The van der Waals surface area contributed by atoms with E-state index in [1.165, 1.54) is 51.7 Å². The lowest BCUT2D eigenvalue weighted by Gasteiger charge is -2.33. The number of nitrogens with one attached hydrogen (secondary N) is 2. The Balaban J connectivity index is 1.81. The summed E-state index contributed by atoms with van der Waals surface area (Å²) in [5.41, 5.74) is 0. The molecule has 3 atom stereocenters. The highest BCUT2D eigenvalue weighted by Gasteiger charge is 2.25. The molecule has 5 heteroatoms. The fourth-order valence-corrected chi connectivity index (χ4v) is 4.80. The van der Waals surface area contributed by atoms with E-state index in [4.69, 9.17) is 4.99 Å². The maximum absolute atomic E-state index is 4.93. The Bertz CT molecular complexity index is 386. The monoisotopic (exact) mass is 354 g/mol. The number of hydrogen-bond donors (Lipinski definition) is 2. The molecule has 0 radical (unpaired) electrons. The van der Waals surface area contributed by atoms with E-state index in [9.17, 15) is 0 Å². The molecule has 0 amide bonds. The highest BCUT2D eigenvalue weighted by Crippen LogP contribution is 2.28. The molecule has 2 fully saturated rings. The van der Waals surface area contributed by atoms with E-state index in [1.807, 2.05) is 11.8 Å². The van der Waals surface area contributed by atoms with E-state index in [2.05, 4.69) is 42.6 Å². The molecule has 0 bridgehead atoms. The van der Waals surface area contributed by atoms with Crippen molar-refractivity contribution in [3.63, 3.8) is 0 Å². The van der Waals surface area contributed by atoms with Gasteiger partial charge in [0.2, 0.25) is 0 Å². The topological polar surface area (TPSA) is 39.7 Å². The third-order valence-electron chi connectivity index (χ3n) is 5.14. The van der Waals surface area contributed by atoms with E-state index in [1.54, 1.807) is 0 Å². The number of aliphatic imine (C=N–C) groups is 1. The van der Waals surface area contributed by atoms with Crippen molar-refractivity contribution >= 4 is 17.7 Å². The number of piperidine rings is 1. The number of guanidine groups is 1. The minimum Gasteiger partial charge on any atom is -0.357 e. The third-order valence-corrected chi connectivity index (χ3v) is 6.23. The van der Waals surface area contributed by atoms with E-state index >= 15 is 0 Å². The van der Waals surface area contributed by atoms with Gasteiger partial charge >= 0.3 is 0 Å². The molecule has 1 saturated carbocycles. The van der Waals surface area contributed by atoms with Crippen molar-refractivity contribution in [2.45, 2.75) is 64.2 Å². The second-order valence-electron chi connectivity index (χ2n) is 7.89. The minimum absolute atomic E-state index is 0.601. The zero-order chi connectivity index (χ0) is 17.4. The van der Waals surface area contributed by atoms with Gasteiger partial charge in [-0.25, -0.2) is 0 Å². The van der Waals surface area contributed by atoms with Crippen molar-refractivity contribution < 1.29 is 0 Å². The number of nitrogens with zero attached hydrogens (tertiary/aromatic N) is 2. The molecule has 2 rings (SSSR count). The Morgan fingerprint density at radius 3 is 2.79 bits per heavy atom. The first-order valence-corrected chi connectivity index (χ1v) is 11.2. The molecular weight excluding hydrogens is 316 g/mol. The summed E-state index contributed by atoms with van der Waals surface area (Å²) < 4.78 is 0. The van der Waals surface area contributed by atoms with Crippen LogP contribution in [0.4, 0.5) is 0 Å². The van der Waals surface area contributed by atoms with Crippen LogP contribution in [-0.2, 0) is 0 Å². The smallest absolute Gasteiger partial charge is 0.191 e. The number of likely N-dealkylation sites (tertiary alicyclic amines) is 1. The van der Waals surface area contributed by atoms with Crippen LogP contribution < -0.4 is 10.6 Å². The molecule has 140 valence electrons. The summed E-state index contributed by atoms with van der Waals surface area (Å²) >= 11 is 2.01. The van der Waals surface area contributed by atoms with Crippen LogP contribution in [0, 0.1) is 11.8 Å². The molecule has 1 heterocycles. The van der Waals surface area contributed by atoms with Crippen molar-refractivity contribution in [2.75, 3.05) is 39.0 Å². The molecule has 0 aromatic heterocycles. The van der Waals surface area contributed by atoms with Crippen LogP contribution in [-0.4, -0.2) is 61.1 Å². The van der Waals surface area contributed by atoms with Crippen LogP contribution in [0.15, 0.2) is 4.99 Å². The van der Waals surface area contributed by atoms with Gasteiger partial charge in [0.15, 0.2) is 5.96 Å². The molecular formula is C19H38N4S. The van der Waals surface area contributed by atoms with Crippen LogP contribution in [0.25, 0.3) is 0 Å². The quantitative estimate of drug-likeness (QED) is 0.544. The van der Waals surface area contributed by atoms with Gasteiger partial charge in [0, 0.05) is 37.5 Å². The number of thioether (sulfide) groups is 1. The van der Waals surface area contributed by atoms with Gasteiger partial charge in [-0.1, -0.05) is 13.8 Å². The highest BCUT2D eigenvalue weighted by molar-refractivity contribution is 7.99. The zero-order valence-electron chi connectivity index (χ0n) is 16.2. The summed E-state index contributed by atoms with van der Waals surface area (Å²) in [5, 5.41) is 7.95. The van der Waals surface area contributed by atoms with Crippen LogP contribution in [0.5, 0.6) is 0 Å². The van der Waals surface area contributed by atoms with Crippen LogP contribution >= 0.6 is 11.8 Å². The van der Waals surface area contributed by atoms with Gasteiger partial charge in [-0.3, -0.25) is 4.99 Å². The predicted molar refractivity (Wildman–Crippen MR) is 108 cm³/mol. The molecule has 0 aromatic carbocycles. The Morgan fingerprint density at radius 1 is 1.29 bits per heavy atom. The first-order chi connectivity index (χ1) is 11.6. The van der Waals surface area contributed by atoms with Crippen LogP contribution in [0.1, 0.15) is 52.9 Å². The molecule has 1 aliphatic heterocycles. The van der Waals surface area contributed by atoms with E-state index in [0.717, 1.165) is 36.1 Å². The lowest BCUT2D eigenvalue weighted by atomic mass is 9.97. The molecule has 2 N–H and O–H groups in total. The lowest BCUT2D eigenvalue weighted by Crippen LogP contribution is -2.43. The zero-order valence-corrected chi connectivity index (χ0v) is 17.0. The maximum atomic E-state index is 4.93.